The highest BCUT2D eigenvalue weighted by atomic mass is 32.1. The Labute approximate surface area is 119 Å². The van der Waals surface area contributed by atoms with Gasteiger partial charge in [-0.05, 0) is 43.6 Å². The van der Waals surface area contributed by atoms with Crippen molar-refractivity contribution >= 4 is 23.3 Å². The number of nitrogens with zero attached hydrogens (tertiary/aromatic N) is 2. The number of aromatic nitrogens is 1. The summed E-state index contributed by atoms with van der Waals surface area (Å²) in [5.74, 6) is -0.0189. The Hall–Kier alpha value is -1.69. The van der Waals surface area contributed by atoms with E-state index in [1.54, 1.807) is 11.1 Å². The molecule has 0 unspecified atom stereocenters. The first-order chi connectivity index (χ1) is 9.15. The van der Waals surface area contributed by atoms with Crippen LogP contribution < -0.4 is 11.1 Å². The molecule has 0 aromatic carbocycles. The van der Waals surface area contributed by atoms with E-state index in [2.05, 4.69) is 17.2 Å². The summed E-state index contributed by atoms with van der Waals surface area (Å²) in [4.78, 5) is 5.88. The summed E-state index contributed by atoms with van der Waals surface area (Å²) >= 11 is 5.23. The Morgan fingerprint density at radius 2 is 2.32 bits per heavy atom. The van der Waals surface area contributed by atoms with Gasteiger partial charge in [-0.2, -0.15) is 0 Å². The van der Waals surface area contributed by atoms with E-state index >= 15 is 0 Å². The van der Waals surface area contributed by atoms with E-state index in [1.165, 1.54) is 0 Å². The number of guanidine groups is 1. The lowest BCUT2D eigenvalue weighted by atomic mass is 10.2. The lowest BCUT2D eigenvalue weighted by Crippen LogP contribution is -2.47. The van der Waals surface area contributed by atoms with Crippen molar-refractivity contribution in [2.45, 2.75) is 26.2 Å². The van der Waals surface area contributed by atoms with Crippen LogP contribution in [0.3, 0.4) is 0 Å². The zero-order valence-electron chi connectivity index (χ0n) is 11.2. The second-order valence-electron chi connectivity index (χ2n) is 4.19. The molecule has 0 amide bonds. The fraction of sp³-hybridized carbons (Fsp3) is 0.462. The predicted octanol–water partition coefficient (Wildman–Crippen LogP) is 1.49. The van der Waals surface area contributed by atoms with Crippen LogP contribution in [0.15, 0.2) is 24.4 Å². The molecule has 1 rings (SSSR count). The van der Waals surface area contributed by atoms with Crippen molar-refractivity contribution in [1.29, 1.82) is 5.41 Å². The van der Waals surface area contributed by atoms with Gasteiger partial charge in [-0.3, -0.25) is 15.3 Å². The van der Waals surface area contributed by atoms with Crippen LogP contribution in [0.4, 0.5) is 0 Å². The summed E-state index contributed by atoms with van der Waals surface area (Å²) in [6.45, 7) is 3.49. The van der Waals surface area contributed by atoms with Crippen molar-refractivity contribution in [3.05, 3.63) is 30.1 Å². The van der Waals surface area contributed by atoms with Crippen LogP contribution in [0.2, 0.25) is 0 Å². The minimum atomic E-state index is -0.0189. The van der Waals surface area contributed by atoms with Crippen molar-refractivity contribution in [1.82, 2.24) is 15.2 Å². The summed E-state index contributed by atoms with van der Waals surface area (Å²) in [7, 11) is 0. The molecule has 0 aliphatic heterocycles. The van der Waals surface area contributed by atoms with Gasteiger partial charge in [0.05, 0.1) is 0 Å². The van der Waals surface area contributed by atoms with E-state index < -0.39 is 0 Å². The first-order valence-corrected chi connectivity index (χ1v) is 6.85. The zero-order valence-corrected chi connectivity index (χ0v) is 12.0. The minimum absolute atomic E-state index is 0.0189. The average molecular weight is 279 g/mol. The monoisotopic (exact) mass is 279 g/mol. The number of hydrogen-bond donors (Lipinski definition) is 3. The molecule has 104 valence electrons. The lowest BCUT2D eigenvalue weighted by Gasteiger charge is -2.23. The maximum atomic E-state index is 7.56. The summed E-state index contributed by atoms with van der Waals surface area (Å²) in [6.07, 6.45) is 4.47. The number of rotatable bonds is 6. The summed E-state index contributed by atoms with van der Waals surface area (Å²) in [5, 5.41) is 11.2. The Morgan fingerprint density at radius 3 is 2.89 bits per heavy atom. The van der Waals surface area contributed by atoms with Gasteiger partial charge in [0.2, 0.25) is 0 Å². The van der Waals surface area contributed by atoms with Crippen LogP contribution in [0.1, 0.15) is 25.5 Å². The fourth-order valence-electron chi connectivity index (χ4n) is 1.62. The Bertz CT molecular complexity index is 407. The number of hydrogen-bond acceptors (Lipinski definition) is 3. The van der Waals surface area contributed by atoms with Crippen molar-refractivity contribution in [2.24, 2.45) is 5.73 Å². The molecule has 4 N–H and O–H groups in total. The van der Waals surface area contributed by atoms with E-state index in [4.69, 9.17) is 23.4 Å². The number of thiocarbonyl (C=S) groups is 1. The quantitative estimate of drug-likeness (QED) is 0.418. The topological polar surface area (TPSA) is 78.0 Å². The molecule has 19 heavy (non-hydrogen) atoms. The van der Waals surface area contributed by atoms with Crippen LogP contribution in [-0.2, 0) is 6.42 Å². The van der Waals surface area contributed by atoms with Crippen LogP contribution in [0.5, 0.6) is 0 Å². The maximum Gasteiger partial charge on any atom is 0.194 e. The van der Waals surface area contributed by atoms with Gasteiger partial charge in [-0.15, -0.1) is 0 Å². The van der Waals surface area contributed by atoms with Gasteiger partial charge in [0.1, 0.15) is 0 Å². The van der Waals surface area contributed by atoms with Crippen molar-refractivity contribution in [3.63, 3.8) is 0 Å². The summed E-state index contributed by atoms with van der Waals surface area (Å²) in [6, 6.07) is 5.86. The molecule has 1 aromatic rings. The van der Waals surface area contributed by atoms with E-state index in [9.17, 15) is 0 Å². The third-order valence-corrected chi connectivity index (χ3v) is 2.97. The Balaban J connectivity index is 2.42. The number of aryl methyl sites for hydroxylation is 1. The highest BCUT2D eigenvalue weighted by Gasteiger charge is 2.11. The molecule has 5 nitrogen and oxygen atoms in total. The minimum Gasteiger partial charge on any atom is -0.370 e. The van der Waals surface area contributed by atoms with Gasteiger partial charge >= 0.3 is 0 Å². The van der Waals surface area contributed by atoms with E-state index in [-0.39, 0.29) is 5.96 Å². The van der Waals surface area contributed by atoms with Crippen LogP contribution >= 0.6 is 12.2 Å². The molecule has 1 aromatic heterocycles. The first-order valence-electron chi connectivity index (χ1n) is 6.44. The molecular formula is C13H21N5S. The molecule has 0 aliphatic rings. The molecule has 0 saturated heterocycles. The molecular weight excluding hydrogens is 258 g/mol. The van der Waals surface area contributed by atoms with Gasteiger partial charge in [0.25, 0.3) is 0 Å². The lowest BCUT2D eigenvalue weighted by molar-refractivity contribution is 0.550. The number of nitrogens with one attached hydrogen (secondary N) is 2. The largest absolute Gasteiger partial charge is 0.370 e. The zero-order chi connectivity index (χ0) is 14.1. The van der Waals surface area contributed by atoms with Crippen LogP contribution in [0.25, 0.3) is 0 Å². The molecule has 0 atom stereocenters. The molecule has 6 heteroatoms. The summed E-state index contributed by atoms with van der Waals surface area (Å²) in [5.41, 5.74) is 6.60. The molecule has 1 heterocycles. The normalized spacial score (nSPS) is 9.95. The van der Waals surface area contributed by atoms with Crippen LogP contribution in [0, 0.1) is 5.41 Å². The van der Waals surface area contributed by atoms with Crippen molar-refractivity contribution in [3.8, 4) is 0 Å². The van der Waals surface area contributed by atoms with E-state index in [1.807, 2.05) is 18.2 Å². The van der Waals surface area contributed by atoms with Gasteiger partial charge in [0, 0.05) is 25.0 Å². The second-order valence-corrected chi connectivity index (χ2v) is 4.58. The Morgan fingerprint density at radius 1 is 1.53 bits per heavy atom. The number of pyridine rings is 1. The molecule has 0 saturated carbocycles. The highest BCUT2D eigenvalue weighted by Crippen LogP contribution is 2.01. The van der Waals surface area contributed by atoms with Crippen molar-refractivity contribution in [2.75, 3.05) is 13.1 Å². The number of nitrogens with two attached hydrogens (primary N) is 1. The van der Waals surface area contributed by atoms with Gasteiger partial charge in [-0.1, -0.05) is 13.0 Å². The molecule has 0 radical (unpaired) electrons. The predicted molar refractivity (Wildman–Crippen MR) is 82.1 cm³/mol. The molecule has 0 aliphatic carbocycles. The second kappa shape index (κ2) is 8.42. The third-order valence-electron chi connectivity index (χ3n) is 2.60. The first kappa shape index (κ1) is 15.4. The van der Waals surface area contributed by atoms with Gasteiger partial charge in [0.15, 0.2) is 11.1 Å². The Kier molecular flexibility index (Phi) is 6.81. The SMILES string of the molecule is CCCNC(=S)N(CCCc1ccccn1)C(=N)N. The van der Waals surface area contributed by atoms with Gasteiger partial charge in [-0.25, -0.2) is 0 Å². The fourth-order valence-corrected chi connectivity index (χ4v) is 1.91. The van der Waals surface area contributed by atoms with E-state index in [0.717, 1.165) is 31.5 Å². The molecule has 0 spiro atoms. The standard InChI is InChI=1S/C13H21N5S/c1-2-8-17-13(19)18(12(14)15)10-5-7-11-6-3-4-9-16-11/h3-4,6,9H,2,5,7-8,10H2,1H3,(H3,14,15)(H,17,19). The van der Waals surface area contributed by atoms with Crippen LogP contribution in [-0.4, -0.2) is 34.0 Å². The summed E-state index contributed by atoms with van der Waals surface area (Å²) < 4.78 is 0. The third kappa shape index (κ3) is 5.65. The van der Waals surface area contributed by atoms with E-state index in [0.29, 0.717) is 11.7 Å². The van der Waals surface area contributed by atoms with Crippen molar-refractivity contribution < 1.29 is 0 Å². The maximum absolute atomic E-state index is 7.56. The average Bonchev–Trinajstić information content (AvgIpc) is 2.41. The van der Waals surface area contributed by atoms with Gasteiger partial charge < -0.3 is 11.1 Å². The smallest absolute Gasteiger partial charge is 0.194 e. The molecule has 0 fully saturated rings. The highest BCUT2D eigenvalue weighted by molar-refractivity contribution is 7.80. The molecule has 0 bridgehead atoms.